The van der Waals surface area contributed by atoms with E-state index in [-0.39, 0.29) is 23.7 Å². The quantitative estimate of drug-likeness (QED) is 0.859. The van der Waals surface area contributed by atoms with Gasteiger partial charge in [0.15, 0.2) is 0 Å². The van der Waals surface area contributed by atoms with Crippen LogP contribution in [0.25, 0.3) is 0 Å². The first-order valence-corrected chi connectivity index (χ1v) is 7.46. The first-order chi connectivity index (χ1) is 9.45. The van der Waals surface area contributed by atoms with Crippen molar-refractivity contribution in [3.63, 3.8) is 0 Å². The van der Waals surface area contributed by atoms with Gasteiger partial charge in [0, 0.05) is 6.54 Å². The van der Waals surface area contributed by atoms with Crippen LogP contribution in [0.5, 0.6) is 0 Å². The summed E-state index contributed by atoms with van der Waals surface area (Å²) in [6.07, 6.45) is 1.48. The second-order valence-electron chi connectivity index (χ2n) is 4.19. The molecule has 0 radical (unpaired) electrons. The summed E-state index contributed by atoms with van der Waals surface area (Å²) in [5.41, 5.74) is 5.22. The van der Waals surface area contributed by atoms with Gasteiger partial charge in [-0.15, -0.1) is 0 Å². The summed E-state index contributed by atoms with van der Waals surface area (Å²) in [5.74, 6) is -0.108. The highest BCUT2D eigenvalue weighted by atomic mass is 32.2. The average Bonchev–Trinajstić information content (AvgIpc) is 2.91. The maximum absolute atomic E-state index is 13.1. The molecule has 0 amide bonds. The molecule has 2 rings (SSSR count). The summed E-state index contributed by atoms with van der Waals surface area (Å²) in [7, 11) is -3.74. The SMILES string of the molecule is CCN(Cc1ccco1)S(=O)(=O)c1ccc(F)c(N)c1. The second-order valence-corrected chi connectivity index (χ2v) is 6.13. The number of sulfonamides is 1. The lowest BCUT2D eigenvalue weighted by molar-refractivity contribution is 0.375. The van der Waals surface area contributed by atoms with E-state index in [1.54, 1.807) is 19.1 Å². The fourth-order valence-corrected chi connectivity index (χ4v) is 3.23. The van der Waals surface area contributed by atoms with Gasteiger partial charge >= 0.3 is 0 Å². The number of nitrogens with two attached hydrogens (primary N) is 1. The van der Waals surface area contributed by atoms with E-state index in [1.807, 2.05) is 0 Å². The molecule has 20 heavy (non-hydrogen) atoms. The molecular formula is C13H15FN2O3S. The van der Waals surface area contributed by atoms with E-state index in [1.165, 1.54) is 16.6 Å². The van der Waals surface area contributed by atoms with Crippen molar-refractivity contribution in [2.45, 2.75) is 18.4 Å². The Balaban J connectivity index is 2.33. The van der Waals surface area contributed by atoms with Crippen molar-refractivity contribution < 1.29 is 17.2 Å². The summed E-state index contributed by atoms with van der Waals surface area (Å²) < 4.78 is 44.4. The monoisotopic (exact) mass is 298 g/mol. The third kappa shape index (κ3) is 2.83. The summed E-state index contributed by atoms with van der Waals surface area (Å²) in [6, 6.07) is 6.74. The lowest BCUT2D eigenvalue weighted by Crippen LogP contribution is -2.30. The van der Waals surface area contributed by atoms with Crippen LogP contribution in [-0.2, 0) is 16.6 Å². The van der Waals surface area contributed by atoms with Crippen molar-refractivity contribution in [1.82, 2.24) is 4.31 Å². The molecule has 0 bridgehead atoms. The summed E-state index contributed by atoms with van der Waals surface area (Å²) in [4.78, 5) is -0.0372. The molecule has 108 valence electrons. The van der Waals surface area contributed by atoms with E-state index < -0.39 is 15.8 Å². The normalized spacial score (nSPS) is 11.9. The Morgan fingerprint density at radius 3 is 2.65 bits per heavy atom. The van der Waals surface area contributed by atoms with Crippen LogP contribution in [-0.4, -0.2) is 19.3 Å². The third-order valence-corrected chi connectivity index (χ3v) is 4.79. The van der Waals surface area contributed by atoms with Crippen LogP contribution in [0.4, 0.5) is 10.1 Å². The molecule has 0 spiro atoms. The molecule has 0 aliphatic heterocycles. The minimum atomic E-state index is -3.74. The Hall–Kier alpha value is -1.86. The third-order valence-electron chi connectivity index (χ3n) is 2.87. The number of hydrogen-bond acceptors (Lipinski definition) is 4. The summed E-state index contributed by atoms with van der Waals surface area (Å²) in [5, 5.41) is 0. The van der Waals surface area contributed by atoms with Gasteiger partial charge in [-0.3, -0.25) is 0 Å². The van der Waals surface area contributed by atoms with Gasteiger partial charge < -0.3 is 10.2 Å². The van der Waals surface area contributed by atoms with Gasteiger partial charge in [-0.2, -0.15) is 4.31 Å². The van der Waals surface area contributed by atoms with Gasteiger partial charge in [-0.1, -0.05) is 6.92 Å². The number of halogens is 1. The molecule has 1 aromatic heterocycles. The minimum absolute atomic E-state index is 0.0372. The number of nitrogens with zero attached hydrogens (tertiary/aromatic N) is 1. The molecule has 5 nitrogen and oxygen atoms in total. The molecule has 0 aliphatic rings. The van der Waals surface area contributed by atoms with Crippen molar-refractivity contribution in [2.24, 2.45) is 0 Å². The zero-order chi connectivity index (χ0) is 14.8. The topological polar surface area (TPSA) is 76.5 Å². The Morgan fingerprint density at radius 1 is 1.35 bits per heavy atom. The first-order valence-electron chi connectivity index (χ1n) is 6.02. The van der Waals surface area contributed by atoms with Crippen LogP contribution in [0.15, 0.2) is 45.9 Å². The fourth-order valence-electron chi connectivity index (χ4n) is 1.77. The van der Waals surface area contributed by atoms with Crippen molar-refractivity contribution in [1.29, 1.82) is 0 Å². The highest BCUT2D eigenvalue weighted by Gasteiger charge is 2.24. The predicted octanol–water partition coefficient (Wildman–Crippen LogP) is 2.21. The lowest BCUT2D eigenvalue weighted by Gasteiger charge is -2.19. The Morgan fingerprint density at radius 2 is 2.10 bits per heavy atom. The van der Waals surface area contributed by atoms with Crippen LogP contribution in [0.2, 0.25) is 0 Å². The number of anilines is 1. The molecule has 2 N–H and O–H groups in total. The number of hydrogen-bond donors (Lipinski definition) is 1. The second kappa shape index (κ2) is 5.64. The van der Waals surface area contributed by atoms with Gasteiger partial charge in [0.1, 0.15) is 11.6 Å². The van der Waals surface area contributed by atoms with Crippen LogP contribution in [0, 0.1) is 5.82 Å². The predicted molar refractivity (Wildman–Crippen MR) is 72.8 cm³/mol. The van der Waals surface area contributed by atoms with Gasteiger partial charge in [0.05, 0.1) is 23.4 Å². The van der Waals surface area contributed by atoms with E-state index in [0.717, 1.165) is 12.1 Å². The van der Waals surface area contributed by atoms with Crippen molar-refractivity contribution >= 4 is 15.7 Å². The van der Waals surface area contributed by atoms with Crippen LogP contribution < -0.4 is 5.73 Å². The Bertz CT molecular complexity index is 684. The molecule has 7 heteroatoms. The van der Waals surface area contributed by atoms with Crippen LogP contribution >= 0.6 is 0 Å². The Labute approximate surface area is 116 Å². The van der Waals surface area contributed by atoms with E-state index in [0.29, 0.717) is 5.76 Å². The number of nitrogen functional groups attached to an aromatic ring is 1. The average molecular weight is 298 g/mol. The molecule has 0 unspecified atom stereocenters. The molecule has 0 saturated carbocycles. The standard InChI is InChI=1S/C13H15FN2O3S/c1-2-16(9-10-4-3-7-19-10)20(17,18)11-5-6-12(14)13(15)8-11/h3-8H,2,9,15H2,1H3. The lowest BCUT2D eigenvalue weighted by atomic mass is 10.3. The maximum Gasteiger partial charge on any atom is 0.243 e. The summed E-state index contributed by atoms with van der Waals surface area (Å²) >= 11 is 0. The highest BCUT2D eigenvalue weighted by molar-refractivity contribution is 7.89. The largest absolute Gasteiger partial charge is 0.468 e. The summed E-state index contributed by atoms with van der Waals surface area (Å²) in [6.45, 7) is 2.09. The zero-order valence-corrected chi connectivity index (χ0v) is 11.7. The van der Waals surface area contributed by atoms with Crippen LogP contribution in [0.3, 0.4) is 0 Å². The van der Waals surface area contributed by atoms with E-state index in [2.05, 4.69) is 0 Å². The molecule has 0 atom stereocenters. The molecule has 2 aromatic rings. The van der Waals surface area contributed by atoms with Crippen molar-refractivity contribution in [3.05, 3.63) is 48.2 Å². The van der Waals surface area contributed by atoms with E-state index >= 15 is 0 Å². The van der Waals surface area contributed by atoms with Gasteiger partial charge in [-0.05, 0) is 30.3 Å². The minimum Gasteiger partial charge on any atom is -0.468 e. The van der Waals surface area contributed by atoms with E-state index in [4.69, 9.17) is 10.2 Å². The van der Waals surface area contributed by atoms with Crippen LogP contribution in [0.1, 0.15) is 12.7 Å². The number of benzene rings is 1. The van der Waals surface area contributed by atoms with Crippen molar-refractivity contribution in [2.75, 3.05) is 12.3 Å². The molecule has 1 heterocycles. The molecule has 1 aromatic carbocycles. The highest BCUT2D eigenvalue weighted by Crippen LogP contribution is 2.22. The molecule has 0 aliphatic carbocycles. The van der Waals surface area contributed by atoms with Gasteiger partial charge in [-0.25, -0.2) is 12.8 Å². The first kappa shape index (κ1) is 14.5. The van der Waals surface area contributed by atoms with Gasteiger partial charge in [0.25, 0.3) is 0 Å². The fraction of sp³-hybridized carbons (Fsp3) is 0.231. The van der Waals surface area contributed by atoms with E-state index in [9.17, 15) is 12.8 Å². The smallest absolute Gasteiger partial charge is 0.243 e. The maximum atomic E-state index is 13.1. The van der Waals surface area contributed by atoms with Crippen molar-refractivity contribution in [3.8, 4) is 0 Å². The molecule has 0 fully saturated rings. The molecule has 0 saturated heterocycles. The molecular weight excluding hydrogens is 283 g/mol. The van der Waals surface area contributed by atoms with Gasteiger partial charge in [0.2, 0.25) is 10.0 Å². The zero-order valence-electron chi connectivity index (χ0n) is 10.9. The number of rotatable bonds is 5. The number of furan rings is 1. The Kier molecular flexibility index (Phi) is 4.10.